The van der Waals surface area contributed by atoms with E-state index in [1.807, 2.05) is 6.92 Å². The highest BCUT2D eigenvalue weighted by Crippen LogP contribution is 2.24. The molecular weight excluding hydrogens is 230 g/mol. The molecule has 1 aromatic rings. The van der Waals surface area contributed by atoms with Gasteiger partial charge in [-0.3, -0.25) is 9.89 Å². The van der Waals surface area contributed by atoms with E-state index in [0.29, 0.717) is 12.4 Å². The Morgan fingerprint density at radius 1 is 1.56 bits per heavy atom. The molecule has 1 amide bonds. The van der Waals surface area contributed by atoms with Gasteiger partial charge in [-0.1, -0.05) is 20.8 Å². The van der Waals surface area contributed by atoms with E-state index in [0.717, 1.165) is 6.42 Å². The van der Waals surface area contributed by atoms with E-state index in [-0.39, 0.29) is 23.3 Å². The molecule has 0 aliphatic heterocycles. The van der Waals surface area contributed by atoms with Crippen LogP contribution in [-0.2, 0) is 4.79 Å². The third-order valence-corrected chi connectivity index (χ3v) is 2.72. The van der Waals surface area contributed by atoms with Gasteiger partial charge in [-0.05, 0) is 18.8 Å². The van der Waals surface area contributed by atoms with E-state index in [2.05, 4.69) is 41.3 Å². The smallest absolute Gasteiger partial charge is 0.224 e. The number of nitrogens with one attached hydrogen (secondary N) is 2. The molecule has 0 radical (unpaired) electrons. The number of carbonyl (C=O) groups excluding carboxylic acids is 1. The van der Waals surface area contributed by atoms with Crippen LogP contribution in [0, 0.1) is 11.3 Å². The first-order valence-corrected chi connectivity index (χ1v) is 6.19. The Kier molecular flexibility index (Phi) is 4.84. The van der Waals surface area contributed by atoms with Crippen molar-refractivity contribution in [2.45, 2.75) is 40.2 Å². The van der Waals surface area contributed by atoms with E-state index in [1.165, 1.54) is 6.33 Å². The van der Waals surface area contributed by atoms with E-state index in [1.54, 1.807) is 0 Å². The van der Waals surface area contributed by atoms with Crippen LogP contribution < -0.4 is 11.1 Å². The molecule has 2 unspecified atom stereocenters. The Morgan fingerprint density at radius 3 is 2.67 bits per heavy atom. The van der Waals surface area contributed by atoms with Crippen molar-refractivity contribution in [1.29, 1.82) is 0 Å². The second kappa shape index (κ2) is 5.95. The van der Waals surface area contributed by atoms with Gasteiger partial charge in [0.1, 0.15) is 12.2 Å². The van der Waals surface area contributed by atoms with Crippen molar-refractivity contribution in [3.8, 4) is 0 Å². The lowest BCUT2D eigenvalue weighted by Gasteiger charge is -2.25. The van der Waals surface area contributed by atoms with Crippen LogP contribution in [0.2, 0.25) is 0 Å². The number of aromatic amines is 1. The number of amides is 1. The molecule has 0 aromatic carbocycles. The third-order valence-electron chi connectivity index (χ3n) is 2.72. The Hall–Kier alpha value is -1.43. The molecule has 0 bridgehead atoms. The maximum atomic E-state index is 12.1. The second-order valence-corrected chi connectivity index (χ2v) is 5.80. The highest BCUT2D eigenvalue weighted by molar-refractivity contribution is 5.79. The lowest BCUT2D eigenvalue weighted by molar-refractivity contribution is -0.126. The normalized spacial score (nSPS) is 15.2. The molecule has 0 saturated carbocycles. The van der Waals surface area contributed by atoms with Gasteiger partial charge in [-0.15, -0.1) is 0 Å². The van der Waals surface area contributed by atoms with Crippen LogP contribution in [-0.4, -0.2) is 27.6 Å². The predicted molar refractivity (Wildman–Crippen MR) is 69.6 cm³/mol. The van der Waals surface area contributed by atoms with E-state index in [9.17, 15) is 4.79 Å². The predicted octanol–water partition coefficient (Wildman–Crippen LogP) is 0.993. The fraction of sp³-hybridized carbons (Fsp3) is 0.750. The molecule has 1 rings (SSSR count). The summed E-state index contributed by atoms with van der Waals surface area (Å²) in [6, 6.07) is -0.186. The first kappa shape index (κ1) is 14.6. The summed E-state index contributed by atoms with van der Waals surface area (Å²) >= 11 is 0. The molecule has 0 aliphatic carbocycles. The molecule has 1 aromatic heterocycles. The van der Waals surface area contributed by atoms with Crippen molar-refractivity contribution in [2.75, 3.05) is 6.54 Å². The Labute approximate surface area is 108 Å². The number of nitrogens with two attached hydrogens (primary N) is 1. The van der Waals surface area contributed by atoms with Crippen LogP contribution in [0.3, 0.4) is 0 Å². The number of carbonyl (C=O) groups is 1. The number of rotatable bonds is 5. The molecule has 18 heavy (non-hydrogen) atoms. The number of H-pyrrole nitrogens is 1. The first-order valence-electron chi connectivity index (χ1n) is 6.19. The molecule has 1 heterocycles. The summed E-state index contributed by atoms with van der Waals surface area (Å²) in [6.45, 7) is 8.52. The van der Waals surface area contributed by atoms with Gasteiger partial charge in [-0.2, -0.15) is 5.10 Å². The molecule has 2 atom stereocenters. The summed E-state index contributed by atoms with van der Waals surface area (Å²) in [5, 5.41) is 9.41. The summed E-state index contributed by atoms with van der Waals surface area (Å²) in [6.07, 6.45) is 2.19. The molecule has 0 saturated heterocycles. The molecule has 6 heteroatoms. The SMILES string of the molecule is CC(NC(=O)C(CN)CC(C)(C)C)c1ncn[nH]1. The van der Waals surface area contributed by atoms with Gasteiger partial charge in [0.2, 0.25) is 5.91 Å². The lowest BCUT2D eigenvalue weighted by Crippen LogP contribution is -2.38. The standard InChI is InChI=1S/C12H23N5O/c1-8(10-14-7-15-17-10)16-11(18)9(6-13)5-12(2,3)4/h7-9H,5-6,13H2,1-4H3,(H,16,18)(H,14,15,17). The summed E-state index contributed by atoms with van der Waals surface area (Å²) in [7, 11) is 0. The van der Waals surface area contributed by atoms with Gasteiger partial charge in [0.25, 0.3) is 0 Å². The zero-order valence-electron chi connectivity index (χ0n) is 11.5. The molecule has 0 fully saturated rings. The third kappa shape index (κ3) is 4.44. The Morgan fingerprint density at radius 2 is 2.22 bits per heavy atom. The minimum atomic E-state index is -0.186. The Bertz CT molecular complexity index is 368. The highest BCUT2D eigenvalue weighted by Gasteiger charge is 2.25. The minimum absolute atomic E-state index is 0.0312. The van der Waals surface area contributed by atoms with Crippen molar-refractivity contribution in [3.05, 3.63) is 12.2 Å². The lowest BCUT2D eigenvalue weighted by atomic mass is 9.84. The van der Waals surface area contributed by atoms with Crippen molar-refractivity contribution < 1.29 is 4.79 Å². The molecule has 102 valence electrons. The molecule has 4 N–H and O–H groups in total. The molecule has 0 aliphatic rings. The maximum absolute atomic E-state index is 12.1. The zero-order valence-corrected chi connectivity index (χ0v) is 11.5. The van der Waals surface area contributed by atoms with Crippen molar-refractivity contribution >= 4 is 5.91 Å². The molecule has 0 spiro atoms. The van der Waals surface area contributed by atoms with Gasteiger partial charge < -0.3 is 11.1 Å². The van der Waals surface area contributed by atoms with Crippen LogP contribution in [0.25, 0.3) is 0 Å². The largest absolute Gasteiger partial charge is 0.346 e. The van der Waals surface area contributed by atoms with Gasteiger partial charge in [0, 0.05) is 6.54 Å². The summed E-state index contributed by atoms with van der Waals surface area (Å²) in [5.41, 5.74) is 5.76. The fourth-order valence-electron chi connectivity index (χ4n) is 1.85. The fourth-order valence-corrected chi connectivity index (χ4v) is 1.85. The van der Waals surface area contributed by atoms with Gasteiger partial charge in [0.05, 0.1) is 12.0 Å². The first-order chi connectivity index (χ1) is 8.33. The summed E-state index contributed by atoms with van der Waals surface area (Å²) in [4.78, 5) is 16.1. The van der Waals surface area contributed by atoms with Crippen LogP contribution >= 0.6 is 0 Å². The monoisotopic (exact) mass is 253 g/mol. The number of hydrogen-bond donors (Lipinski definition) is 3. The highest BCUT2D eigenvalue weighted by atomic mass is 16.2. The van der Waals surface area contributed by atoms with Crippen LogP contribution in [0.1, 0.15) is 46.0 Å². The topological polar surface area (TPSA) is 96.7 Å². The van der Waals surface area contributed by atoms with Crippen molar-refractivity contribution in [1.82, 2.24) is 20.5 Å². The average Bonchev–Trinajstić information content (AvgIpc) is 2.77. The molecule has 6 nitrogen and oxygen atoms in total. The van der Waals surface area contributed by atoms with Crippen molar-refractivity contribution in [3.63, 3.8) is 0 Å². The minimum Gasteiger partial charge on any atom is -0.346 e. The van der Waals surface area contributed by atoms with Crippen LogP contribution in [0.5, 0.6) is 0 Å². The van der Waals surface area contributed by atoms with Crippen LogP contribution in [0.4, 0.5) is 0 Å². The summed E-state index contributed by atoms with van der Waals surface area (Å²) in [5.74, 6) is 0.446. The quantitative estimate of drug-likeness (QED) is 0.729. The van der Waals surface area contributed by atoms with Gasteiger partial charge in [0.15, 0.2) is 0 Å². The maximum Gasteiger partial charge on any atom is 0.224 e. The second-order valence-electron chi connectivity index (χ2n) is 5.80. The zero-order chi connectivity index (χ0) is 13.8. The van der Waals surface area contributed by atoms with E-state index < -0.39 is 0 Å². The summed E-state index contributed by atoms with van der Waals surface area (Å²) < 4.78 is 0. The van der Waals surface area contributed by atoms with Gasteiger partial charge >= 0.3 is 0 Å². The number of aromatic nitrogens is 3. The van der Waals surface area contributed by atoms with E-state index >= 15 is 0 Å². The Balaban J connectivity index is 2.57. The van der Waals surface area contributed by atoms with Gasteiger partial charge in [-0.25, -0.2) is 4.98 Å². The van der Waals surface area contributed by atoms with Crippen LogP contribution in [0.15, 0.2) is 6.33 Å². The molecular formula is C12H23N5O. The van der Waals surface area contributed by atoms with Crippen molar-refractivity contribution in [2.24, 2.45) is 17.1 Å². The van der Waals surface area contributed by atoms with E-state index in [4.69, 9.17) is 5.73 Å². The average molecular weight is 253 g/mol. The number of hydrogen-bond acceptors (Lipinski definition) is 4. The number of nitrogens with zero attached hydrogens (tertiary/aromatic N) is 2.